The lowest BCUT2D eigenvalue weighted by molar-refractivity contribution is 0.713. The van der Waals surface area contributed by atoms with Gasteiger partial charge in [-0.2, -0.15) is 0 Å². The summed E-state index contributed by atoms with van der Waals surface area (Å²) in [6.45, 7) is 0. The molecule has 1 aromatic rings. The third-order valence-electron chi connectivity index (χ3n) is 2.42. The van der Waals surface area contributed by atoms with Gasteiger partial charge >= 0.3 is 0 Å². The van der Waals surface area contributed by atoms with Crippen LogP contribution in [-0.2, 0) is 6.42 Å². The maximum absolute atomic E-state index is 5.90. The lowest BCUT2D eigenvalue weighted by atomic mass is 9.92. The van der Waals surface area contributed by atoms with Crippen LogP contribution in [0.3, 0.4) is 0 Å². The molecule has 0 heterocycles. The van der Waals surface area contributed by atoms with Gasteiger partial charge in [0, 0.05) is 6.04 Å². The average Bonchev–Trinajstić information content (AvgIpc) is 2.32. The maximum atomic E-state index is 5.90. The molecule has 0 spiro atoms. The monoisotopic (exact) mass is 145 g/mol. The van der Waals surface area contributed by atoms with Crippen LogP contribution in [0, 0.1) is 0 Å². The molecule has 0 radical (unpaired) electrons. The second-order valence-corrected chi connectivity index (χ2v) is 3.35. The molecule has 11 heavy (non-hydrogen) atoms. The molecule has 1 nitrogen and oxygen atoms in total. The molecule has 0 saturated carbocycles. The average molecular weight is 145 g/mol. The fraction of sp³-hybridized carbons (Fsp3) is 0.333. The number of fused-ring (bicyclic) bond motifs is 1. The van der Waals surface area contributed by atoms with E-state index >= 15 is 0 Å². The van der Waals surface area contributed by atoms with Crippen molar-refractivity contribution in [2.75, 3.05) is 0 Å². The molecule has 2 heteroatoms. The molecule has 2 rings (SSSR count). The smallest absolute Gasteiger partial charge is 0.139 e. The van der Waals surface area contributed by atoms with Gasteiger partial charge in [-0.1, -0.05) is 23.7 Å². The van der Waals surface area contributed by atoms with Crippen molar-refractivity contribution in [2.45, 2.75) is 18.9 Å². The van der Waals surface area contributed by atoms with Gasteiger partial charge < -0.3 is 5.73 Å². The van der Waals surface area contributed by atoms with Crippen LogP contribution < -0.4 is 11.2 Å². The largest absolute Gasteiger partial charge is 0.324 e. The summed E-state index contributed by atoms with van der Waals surface area (Å²) in [4.78, 5) is 0. The molecular formula is C9H12BN. The Morgan fingerprint density at radius 2 is 2.27 bits per heavy atom. The van der Waals surface area contributed by atoms with E-state index in [-0.39, 0.29) is 0 Å². The molecule has 56 valence electrons. The molecule has 0 aromatic heterocycles. The predicted molar refractivity (Wildman–Crippen MR) is 49.9 cm³/mol. The van der Waals surface area contributed by atoms with Crippen LogP contribution in [0.5, 0.6) is 0 Å². The lowest BCUT2D eigenvalue weighted by Gasteiger charge is -2.03. The van der Waals surface area contributed by atoms with Crippen molar-refractivity contribution in [1.29, 1.82) is 0 Å². The van der Waals surface area contributed by atoms with E-state index in [1.807, 2.05) is 0 Å². The van der Waals surface area contributed by atoms with Gasteiger partial charge in [-0.3, -0.25) is 0 Å². The van der Waals surface area contributed by atoms with E-state index in [4.69, 9.17) is 5.73 Å². The van der Waals surface area contributed by atoms with E-state index in [0.717, 1.165) is 12.8 Å². The highest BCUT2D eigenvalue weighted by atomic mass is 14.6. The van der Waals surface area contributed by atoms with E-state index in [9.17, 15) is 0 Å². The quantitative estimate of drug-likeness (QED) is 0.506. The van der Waals surface area contributed by atoms with Crippen molar-refractivity contribution < 1.29 is 0 Å². The molecule has 0 fully saturated rings. The van der Waals surface area contributed by atoms with Gasteiger partial charge in [0.05, 0.1) is 0 Å². The first-order chi connectivity index (χ1) is 5.27. The number of hydrogen-bond donors (Lipinski definition) is 1. The Bertz CT molecular complexity index is 283. The van der Waals surface area contributed by atoms with Crippen molar-refractivity contribution in [1.82, 2.24) is 0 Å². The zero-order valence-electron chi connectivity index (χ0n) is 6.80. The highest BCUT2D eigenvalue weighted by Gasteiger charge is 2.17. The van der Waals surface area contributed by atoms with Gasteiger partial charge in [0.2, 0.25) is 0 Å². The summed E-state index contributed by atoms with van der Waals surface area (Å²) in [6.07, 6.45) is 2.29. The van der Waals surface area contributed by atoms with Gasteiger partial charge in [-0.15, -0.1) is 0 Å². The van der Waals surface area contributed by atoms with E-state index in [1.54, 1.807) is 0 Å². The topological polar surface area (TPSA) is 26.0 Å². The summed E-state index contributed by atoms with van der Waals surface area (Å²) in [5, 5.41) is 0. The van der Waals surface area contributed by atoms with E-state index in [0.29, 0.717) is 6.04 Å². The Balaban J connectivity index is 2.50. The SMILES string of the molecule is Bc1ccc2c(c1)CCC2N. The lowest BCUT2D eigenvalue weighted by Crippen LogP contribution is -2.07. The highest BCUT2D eigenvalue weighted by Crippen LogP contribution is 2.27. The second-order valence-electron chi connectivity index (χ2n) is 3.35. The van der Waals surface area contributed by atoms with Crippen LogP contribution in [0.25, 0.3) is 0 Å². The normalized spacial score (nSPS) is 21.7. The molecule has 0 saturated heterocycles. The van der Waals surface area contributed by atoms with E-state index in [1.165, 1.54) is 16.6 Å². The van der Waals surface area contributed by atoms with E-state index < -0.39 is 0 Å². The van der Waals surface area contributed by atoms with Crippen molar-refractivity contribution in [3.8, 4) is 0 Å². The van der Waals surface area contributed by atoms with Crippen molar-refractivity contribution in [3.05, 3.63) is 29.3 Å². The Kier molecular flexibility index (Phi) is 1.50. The molecule has 2 N–H and O–H groups in total. The van der Waals surface area contributed by atoms with Crippen LogP contribution in [0.1, 0.15) is 23.6 Å². The molecule has 0 amide bonds. The first-order valence-corrected chi connectivity index (χ1v) is 4.12. The number of aryl methyl sites for hydroxylation is 1. The molecule has 1 aliphatic rings. The zero-order chi connectivity index (χ0) is 7.84. The minimum Gasteiger partial charge on any atom is -0.324 e. The van der Waals surface area contributed by atoms with Crippen LogP contribution in [0.15, 0.2) is 18.2 Å². The second kappa shape index (κ2) is 2.38. The van der Waals surface area contributed by atoms with Crippen molar-refractivity contribution in [3.63, 3.8) is 0 Å². The summed E-state index contributed by atoms with van der Waals surface area (Å²) in [6, 6.07) is 6.86. The Morgan fingerprint density at radius 3 is 3.09 bits per heavy atom. The fourth-order valence-electron chi connectivity index (χ4n) is 1.78. The van der Waals surface area contributed by atoms with E-state index in [2.05, 4.69) is 26.0 Å². The first-order valence-electron chi connectivity index (χ1n) is 4.12. The predicted octanol–water partition coefficient (Wildman–Crippen LogP) is -0.109. The summed E-state index contributed by atoms with van der Waals surface area (Å²) >= 11 is 0. The molecular weight excluding hydrogens is 133 g/mol. The van der Waals surface area contributed by atoms with Crippen LogP contribution in [0.2, 0.25) is 0 Å². The standard InChI is InChI=1S/C9H12BN/c10-7-2-3-8-6(5-7)1-4-9(8)11/h2-3,5,9H,1,4,10-11H2. The fourth-order valence-corrected chi connectivity index (χ4v) is 1.78. The Labute approximate surface area is 68.0 Å². The van der Waals surface area contributed by atoms with Gasteiger partial charge in [0.1, 0.15) is 7.85 Å². The maximum Gasteiger partial charge on any atom is 0.139 e. The summed E-state index contributed by atoms with van der Waals surface area (Å²) in [7, 11) is 2.13. The van der Waals surface area contributed by atoms with Gasteiger partial charge in [0.25, 0.3) is 0 Å². The molecule has 1 atom stereocenters. The number of nitrogens with two attached hydrogens (primary N) is 1. The van der Waals surface area contributed by atoms with Crippen LogP contribution in [0.4, 0.5) is 0 Å². The molecule has 1 aromatic carbocycles. The Morgan fingerprint density at radius 1 is 1.45 bits per heavy atom. The molecule has 1 aliphatic carbocycles. The third kappa shape index (κ3) is 1.08. The minimum atomic E-state index is 0.297. The number of hydrogen-bond acceptors (Lipinski definition) is 1. The molecule has 0 aliphatic heterocycles. The summed E-state index contributed by atoms with van der Waals surface area (Å²) in [5.74, 6) is 0. The molecule has 0 bridgehead atoms. The van der Waals surface area contributed by atoms with Gasteiger partial charge in [0.15, 0.2) is 0 Å². The van der Waals surface area contributed by atoms with Crippen LogP contribution in [-0.4, -0.2) is 7.85 Å². The minimum absolute atomic E-state index is 0.297. The molecule has 1 unspecified atom stereocenters. The van der Waals surface area contributed by atoms with Gasteiger partial charge in [-0.05, 0) is 24.0 Å². The zero-order valence-corrected chi connectivity index (χ0v) is 6.80. The summed E-state index contributed by atoms with van der Waals surface area (Å²) in [5.41, 5.74) is 10.1. The summed E-state index contributed by atoms with van der Waals surface area (Å²) < 4.78 is 0. The van der Waals surface area contributed by atoms with Crippen molar-refractivity contribution in [2.24, 2.45) is 5.73 Å². The Hall–Kier alpha value is -0.755. The number of rotatable bonds is 0. The highest BCUT2D eigenvalue weighted by molar-refractivity contribution is 6.32. The first kappa shape index (κ1) is 6.92. The third-order valence-corrected chi connectivity index (χ3v) is 2.42. The van der Waals surface area contributed by atoms with Crippen LogP contribution >= 0.6 is 0 Å². The number of benzene rings is 1. The van der Waals surface area contributed by atoms with Gasteiger partial charge in [-0.25, -0.2) is 0 Å². The van der Waals surface area contributed by atoms with Crippen molar-refractivity contribution >= 4 is 13.3 Å².